The molecule has 0 saturated carbocycles. The molecular weight excluding hydrogens is 406 g/mol. The number of aromatic nitrogens is 2. The molecule has 5 nitrogen and oxygen atoms in total. The van der Waals surface area contributed by atoms with Gasteiger partial charge in [-0.2, -0.15) is 0 Å². The number of nitrogens with zero attached hydrogens (tertiary/aromatic N) is 2. The summed E-state index contributed by atoms with van der Waals surface area (Å²) in [4.78, 5) is 30.4. The standard InChI is InChI=1S/C22H24ClN3O2S/c1-13(2)12-26-21(28)18-11-16(23)7-10-19(18)25-22(26)29-15(4)20(27)24-17-8-5-14(3)6-9-17/h5-11,13,15H,12H2,1-4H3,(H,24,27)/t15-/m1/s1. The van der Waals surface area contributed by atoms with Crippen molar-refractivity contribution in [2.45, 2.75) is 44.6 Å². The topological polar surface area (TPSA) is 64.0 Å². The number of amides is 1. The molecule has 1 N–H and O–H groups in total. The molecule has 3 rings (SSSR count). The highest BCUT2D eigenvalue weighted by molar-refractivity contribution is 8.00. The van der Waals surface area contributed by atoms with Gasteiger partial charge in [-0.05, 0) is 50.1 Å². The Labute approximate surface area is 179 Å². The Kier molecular flexibility index (Phi) is 6.65. The normalized spacial score (nSPS) is 12.3. The first-order chi connectivity index (χ1) is 13.7. The van der Waals surface area contributed by atoms with Gasteiger partial charge in [0.05, 0.1) is 16.2 Å². The fourth-order valence-electron chi connectivity index (χ4n) is 2.88. The number of carbonyl (C=O) groups excluding carboxylic acids is 1. The molecule has 29 heavy (non-hydrogen) atoms. The molecule has 1 heterocycles. The lowest BCUT2D eigenvalue weighted by Crippen LogP contribution is -2.28. The molecule has 0 aliphatic carbocycles. The third kappa shape index (κ3) is 5.19. The number of halogens is 1. The number of nitrogens with one attached hydrogen (secondary N) is 1. The zero-order valence-corrected chi connectivity index (χ0v) is 18.5. The SMILES string of the molecule is Cc1ccc(NC(=O)[C@@H](C)Sc2nc3ccc(Cl)cc3c(=O)n2CC(C)C)cc1. The summed E-state index contributed by atoms with van der Waals surface area (Å²) in [6.45, 7) is 8.40. The van der Waals surface area contributed by atoms with Crippen molar-refractivity contribution in [3.63, 3.8) is 0 Å². The van der Waals surface area contributed by atoms with Crippen LogP contribution in [0.2, 0.25) is 5.02 Å². The Morgan fingerprint density at radius 3 is 2.52 bits per heavy atom. The van der Waals surface area contributed by atoms with E-state index in [2.05, 4.69) is 10.3 Å². The number of benzene rings is 2. The maximum Gasteiger partial charge on any atom is 0.262 e. The second kappa shape index (κ2) is 9.01. The quantitative estimate of drug-likeness (QED) is 0.435. The van der Waals surface area contributed by atoms with E-state index >= 15 is 0 Å². The number of hydrogen-bond acceptors (Lipinski definition) is 4. The van der Waals surface area contributed by atoms with Crippen LogP contribution in [0.15, 0.2) is 52.4 Å². The third-order valence-electron chi connectivity index (χ3n) is 4.40. The highest BCUT2D eigenvalue weighted by Gasteiger charge is 2.20. The lowest BCUT2D eigenvalue weighted by molar-refractivity contribution is -0.115. The van der Waals surface area contributed by atoms with Gasteiger partial charge in [0.2, 0.25) is 5.91 Å². The van der Waals surface area contributed by atoms with Gasteiger partial charge in [0.15, 0.2) is 5.16 Å². The monoisotopic (exact) mass is 429 g/mol. The van der Waals surface area contributed by atoms with E-state index in [1.54, 1.807) is 22.8 Å². The fourth-order valence-corrected chi connectivity index (χ4v) is 3.97. The highest BCUT2D eigenvalue weighted by Crippen LogP contribution is 2.25. The van der Waals surface area contributed by atoms with Crippen molar-refractivity contribution in [1.29, 1.82) is 0 Å². The van der Waals surface area contributed by atoms with E-state index in [1.807, 2.05) is 52.0 Å². The van der Waals surface area contributed by atoms with Gasteiger partial charge in [-0.3, -0.25) is 14.2 Å². The summed E-state index contributed by atoms with van der Waals surface area (Å²) in [5, 5.41) is 4.01. The second-order valence-electron chi connectivity index (χ2n) is 7.48. The average molecular weight is 430 g/mol. The lowest BCUT2D eigenvalue weighted by Gasteiger charge is -2.17. The zero-order chi connectivity index (χ0) is 21.1. The summed E-state index contributed by atoms with van der Waals surface area (Å²) in [5.41, 5.74) is 2.31. The summed E-state index contributed by atoms with van der Waals surface area (Å²) in [5.74, 6) is 0.113. The van der Waals surface area contributed by atoms with E-state index in [0.29, 0.717) is 27.6 Å². The Bertz CT molecular complexity index is 1090. The molecule has 0 aliphatic heterocycles. The Hall–Kier alpha value is -2.31. The van der Waals surface area contributed by atoms with Gasteiger partial charge in [-0.25, -0.2) is 4.98 Å². The molecule has 1 amide bonds. The van der Waals surface area contributed by atoms with Crippen LogP contribution < -0.4 is 10.9 Å². The maximum absolute atomic E-state index is 13.1. The molecule has 0 bridgehead atoms. The van der Waals surface area contributed by atoms with E-state index in [4.69, 9.17) is 11.6 Å². The molecular formula is C22H24ClN3O2S. The smallest absolute Gasteiger partial charge is 0.262 e. The molecule has 0 fully saturated rings. The van der Waals surface area contributed by atoms with E-state index in [0.717, 1.165) is 11.3 Å². The molecule has 2 aromatic carbocycles. The predicted octanol–water partition coefficient (Wildman–Crippen LogP) is 5.13. The van der Waals surface area contributed by atoms with Gasteiger partial charge in [0, 0.05) is 17.3 Å². The van der Waals surface area contributed by atoms with Crippen LogP contribution in [0.3, 0.4) is 0 Å². The predicted molar refractivity (Wildman–Crippen MR) is 121 cm³/mol. The van der Waals surface area contributed by atoms with Crippen molar-refractivity contribution in [2.75, 3.05) is 5.32 Å². The minimum atomic E-state index is -0.425. The Morgan fingerprint density at radius 2 is 1.86 bits per heavy atom. The van der Waals surface area contributed by atoms with Crippen LogP contribution in [-0.2, 0) is 11.3 Å². The fraction of sp³-hybridized carbons (Fsp3) is 0.318. The summed E-state index contributed by atoms with van der Waals surface area (Å²) in [6, 6.07) is 12.7. The van der Waals surface area contributed by atoms with Gasteiger partial charge in [0.25, 0.3) is 5.56 Å². The van der Waals surface area contributed by atoms with Crippen LogP contribution in [0.25, 0.3) is 10.9 Å². The molecule has 7 heteroatoms. The van der Waals surface area contributed by atoms with Crippen LogP contribution in [-0.4, -0.2) is 20.7 Å². The number of anilines is 1. The Morgan fingerprint density at radius 1 is 1.17 bits per heavy atom. The zero-order valence-electron chi connectivity index (χ0n) is 16.9. The molecule has 0 aliphatic rings. The molecule has 0 spiro atoms. The first kappa shape index (κ1) is 21.4. The number of thioether (sulfide) groups is 1. The van der Waals surface area contributed by atoms with Gasteiger partial charge < -0.3 is 5.32 Å². The van der Waals surface area contributed by atoms with E-state index in [9.17, 15) is 9.59 Å². The van der Waals surface area contributed by atoms with Crippen LogP contribution in [0, 0.1) is 12.8 Å². The minimum Gasteiger partial charge on any atom is -0.325 e. The molecule has 152 valence electrons. The number of hydrogen-bond donors (Lipinski definition) is 1. The summed E-state index contributed by atoms with van der Waals surface area (Å²) in [6.07, 6.45) is 0. The van der Waals surface area contributed by atoms with Gasteiger partial charge >= 0.3 is 0 Å². The number of aryl methyl sites for hydroxylation is 1. The number of carbonyl (C=O) groups is 1. The van der Waals surface area contributed by atoms with Crippen molar-refractivity contribution in [2.24, 2.45) is 5.92 Å². The van der Waals surface area contributed by atoms with Crippen molar-refractivity contribution in [3.8, 4) is 0 Å². The summed E-state index contributed by atoms with van der Waals surface area (Å²) < 4.78 is 1.64. The van der Waals surface area contributed by atoms with Crippen LogP contribution >= 0.6 is 23.4 Å². The first-order valence-corrected chi connectivity index (χ1v) is 10.7. The van der Waals surface area contributed by atoms with E-state index < -0.39 is 5.25 Å². The Balaban J connectivity index is 1.91. The van der Waals surface area contributed by atoms with E-state index in [1.165, 1.54) is 11.8 Å². The largest absolute Gasteiger partial charge is 0.325 e. The molecule has 1 aromatic heterocycles. The second-order valence-corrected chi connectivity index (χ2v) is 9.23. The number of fused-ring (bicyclic) bond motifs is 1. The van der Waals surface area contributed by atoms with Crippen molar-refractivity contribution in [3.05, 3.63) is 63.4 Å². The minimum absolute atomic E-state index is 0.139. The van der Waals surface area contributed by atoms with Crippen LogP contribution in [0.1, 0.15) is 26.3 Å². The van der Waals surface area contributed by atoms with Crippen molar-refractivity contribution >= 4 is 45.9 Å². The first-order valence-electron chi connectivity index (χ1n) is 9.49. The highest BCUT2D eigenvalue weighted by atomic mass is 35.5. The maximum atomic E-state index is 13.1. The van der Waals surface area contributed by atoms with Gasteiger partial charge in [-0.15, -0.1) is 0 Å². The van der Waals surface area contributed by atoms with Gasteiger partial charge in [0.1, 0.15) is 0 Å². The van der Waals surface area contributed by atoms with Gasteiger partial charge in [-0.1, -0.05) is 54.9 Å². The van der Waals surface area contributed by atoms with Crippen LogP contribution in [0.5, 0.6) is 0 Å². The van der Waals surface area contributed by atoms with E-state index in [-0.39, 0.29) is 17.4 Å². The average Bonchev–Trinajstić information content (AvgIpc) is 2.67. The molecule has 0 radical (unpaired) electrons. The molecule has 1 atom stereocenters. The lowest BCUT2D eigenvalue weighted by atomic mass is 10.2. The number of rotatable bonds is 6. The van der Waals surface area contributed by atoms with Crippen molar-refractivity contribution < 1.29 is 4.79 Å². The van der Waals surface area contributed by atoms with Crippen molar-refractivity contribution in [1.82, 2.24) is 9.55 Å². The molecule has 0 unspecified atom stereocenters. The van der Waals surface area contributed by atoms with Crippen LogP contribution in [0.4, 0.5) is 5.69 Å². The third-order valence-corrected chi connectivity index (χ3v) is 5.72. The molecule has 0 saturated heterocycles. The summed E-state index contributed by atoms with van der Waals surface area (Å²) in [7, 11) is 0. The molecule has 3 aromatic rings. The summed E-state index contributed by atoms with van der Waals surface area (Å²) >= 11 is 7.35.